The number of unbranched alkanes of at least 4 members (excludes halogenated alkanes) is 6. The minimum Gasteiger partial charge on any atom is -0.465 e. The van der Waals surface area contributed by atoms with Crippen LogP contribution < -0.4 is 0 Å². The molecule has 0 aromatic rings. The van der Waals surface area contributed by atoms with Crippen molar-refractivity contribution in [3.8, 4) is 0 Å². The molecule has 1 fully saturated rings. The average molecular weight is 342 g/mol. The van der Waals surface area contributed by atoms with Crippen molar-refractivity contribution in [2.24, 2.45) is 11.8 Å². The van der Waals surface area contributed by atoms with Gasteiger partial charge in [-0.1, -0.05) is 58.3 Å². The van der Waals surface area contributed by atoms with E-state index in [1.54, 1.807) is 0 Å². The maximum Gasteiger partial charge on any atom is 0.309 e. The number of esters is 2. The predicted molar refractivity (Wildman–Crippen MR) is 92.4 cm³/mol. The molecule has 5 heteroatoms. The van der Waals surface area contributed by atoms with Crippen LogP contribution in [0.4, 0.5) is 0 Å². The van der Waals surface area contributed by atoms with E-state index in [1.165, 1.54) is 32.1 Å². The number of aliphatic hydroxyl groups excluding tert-OH is 1. The number of ether oxygens (including phenoxy) is 2. The first-order valence-electron chi connectivity index (χ1n) is 9.64. The third-order valence-electron chi connectivity index (χ3n) is 4.70. The van der Waals surface area contributed by atoms with Crippen LogP contribution in [0.5, 0.6) is 0 Å². The molecular weight excluding hydrogens is 308 g/mol. The van der Waals surface area contributed by atoms with E-state index in [0.29, 0.717) is 19.4 Å². The van der Waals surface area contributed by atoms with Crippen molar-refractivity contribution >= 4 is 11.9 Å². The van der Waals surface area contributed by atoms with Crippen molar-refractivity contribution in [3.05, 3.63) is 0 Å². The molecule has 0 saturated heterocycles. The summed E-state index contributed by atoms with van der Waals surface area (Å²) < 4.78 is 10.4. The molecule has 0 aromatic heterocycles. The van der Waals surface area contributed by atoms with E-state index < -0.39 is 5.92 Å². The lowest BCUT2D eigenvalue weighted by Gasteiger charge is -2.28. The molecule has 0 bridgehead atoms. The van der Waals surface area contributed by atoms with Gasteiger partial charge in [-0.2, -0.15) is 0 Å². The van der Waals surface area contributed by atoms with Gasteiger partial charge in [0.2, 0.25) is 0 Å². The Morgan fingerprint density at radius 1 is 0.833 bits per heavy atom. The van der Waals surface area contributed by atoms with Gasteiger partial charge in [0.25, 0.3) is 0 Å². The lowest BCUT2D eigenvalue weighted by molar-refractivity contribution is -0.163. The summed E-state index contributed by atoms with van der Waals surface area (Å²) in [5.74, 6) is -1.42. The minimum atomic E-state index is -0.410. The molecular formula is C19H34O5. The molecule has 1 aliphatic rings. The molecule has 0 heterocycles. The van der Waals surface area contributed by atoms with Gasteiger partial charge in [0.1, 0.15) is 6.61 Å². The van der Waals surface area contributed by atoms with Crippen molar-refractivity contribution in [1.29, 1.82) is 0 Å². The van der Waals surface area contributed by atoms with Crippen LogP contribution in [0, 0.1) is 11.8 Å². The van der Waals surface area contributed by atoms with Gasteiger partial charge in [-0.05, 0) is 19.3 Å². The first-order valence-corrected chi connectivity index (χ1v) is 9.64. The van der Waals surface area contributed by atoms with E-state index in [4.69, 9.17) is 14.6 Å². The number of carbonyl (C=O) groups is 2. The molecule has 24 heavy (non-hydrogen) atoms. The molecule has 2 unspecified atom stereocenters. The fourth-order valence-corrected chi connectivity index (χ4v) is 3.29. The number of rotatable bonds is 12. The fourth-order valence-electron chi connectivity index (χ4n) is 3.29. The largest absolute Gasteiger partial charge is 0.465 e. The third kappa shape index (κ3) is 8.13. The van der Waals surface area contributed by atoms with E-state index in [1.807, 2.05) is 0 Å². The standard InChI is InChI=1S/C19H34O5/c1-2-3-4-5-6-7-10-14-23-18(21)16-11-8-9-12-17(16)19(22)24-15-13-20/h16-17,20H,2-15H2,1H3. The van der Waals surface area contributed by atoms with E-state index in [2.05, 4.69) is 6.92 Å². The van der Waals surface area contributed by atoms with Crippen molar-refractivity contribution in [1.82, 2.24) is 0 Å². The molecule has 0 spiro atoms. The molecule has 5 nitrogen and oxygen atoms in total. The average Bonchev–Trinajstić information content (AvgIpc) is 2.61. The molecule has 0 radical (unpaired) electrons. The Balaban J connectivity index is 2.24. The molecule has 1 rings (SSSR count). The van der Waals surface area contributed by atoms with Gasteiger partial charge in [0.05, 0.1) is 25.0 Å². The Morgan fingerprint density at radius 2 is 1.33 bits per heavy atom. The maximum atomic E-state index is 12.3. The monoisotopic (exact) mass is 342 g/mol. The molecule has 1 saturated carbocycles. The van der Waals surface area contributed by atoms with Crippen LogP contribution in [-0.2, 0) is 19.1 Å². The summed E-state index contributed by atoms with van der Waals surface area (Å²) in [4.78, 5) is 24.3. The first-order chi connectivity index (χ1) is 11.7. The SMILES string of the molecule is CCCCCCCCCOC(=O)C1CCCCC1C(=O)OCCO. The number of carbonyl (C=O) groups excluding carboxylic acids is 2. The van der Waals surface area contributed by atoms with E-state index in [0.717, 1.165) is 25.7 Å². The second-order valence-electron chi connectivity index (χ2n) is 6.68. The normalized spacial score (nSPS) is 20.6. The van der Waals surface area contributed by atoms with E-state index >= 15 is 0 Å². The molecule has 1 aliphatic carbocycles. The van der Waals surface area contributed by atoms with Gasteiger partial charge >= 0.3 is 11.9 Å². The van der Waals surface area contributed by atoms with Crippen molar-refractivity contribution in [3.63, 3.8) is 0 Å². The number of aliphatic hydroxyl groups is 1. The molecule has 0 aromatic carbocycles. The highest BCUT2D eigenvalue weighted by atomic mass is 16.5. The van der Waals surface area contributed by atoms with Crippen molar-refractivity contribution in [2.75, 3.05) is 19.8 Å². The summed E-state index contributed by atoms with van der Waals surface area (Å²) in [5.41, 5.74) is 0. The smallest absolute Gasteiger partial charge is 0.309 e. The Bertz CT molecular complexity index is 356. The van der Waals surface area contributed by atoms with Crippen LogP contribution in [0.25, 0.3) is 0 Å². The highest BCUT2D eigenvalue weighted by molar-refractivity contribution is 5.82. The van der Waals surface area contributed by atoms with Crippen LogP contribution >= 0.6 is 0 Å². The second kappa shape index (κ2) is 13.2. The maximum absolute atomic E-state index is 12.3. The van der Waals surface area contributed by atoms with Crippen LogP contribution in [-0.4, -0.2) is 36.9 Å². The number of hydrogen-bond acceptors (Lipinski definition) is 5. The Labute approximate surface area is 146 Å². The summed E-state index contributed by atoms with van der Waals surface area (Å²) in [6, 6.07) is 0. The Hall–Kier alpha value is -1.10. The van der Waals surface area contributed by atoms with Crippen molar-refractivity contribution < 1.29 is 24.2 Å². The summed E-state index contributed by atoms with van der Waals surface area (Å²) in [6.45, 7) is 2.46. The minimum absolute atomic E-state index is 0.00483. The van der Waals surface area contributed by atoms with Gasteiger partial charge in [-0.25, -0.2) is 0 Å². The Kier molecular flexibility index (Phi) is 11.5. The Morgan fingerprint density at radius 3 is 1.88 bits per heavy atom. The van der Waals surface area contributed by atoms with Crippen LogP contribution in [0.2, 0.25) is 0 Å². The van der Waals surface area contributed by atoms with Crippen LogP contribution in [0.3, 0.4) is 0 Å². The molecule has 0 aliphatic heterocycles. The quantitative estimate of drug-likeness (QED) is 0.433. The third-order valence-corrected chi connectivity index (χ3v) is 4.70. The van der Waals surface area contributed by atoms with Gasteiger partial charge in [-0.3, -0.25) is 9.59 Å². The zero-order valence-corrected chi connectivity index (χ0v) is 15.1. The van der Waals surface area contributed by atoms with E-state index in [9.17, 15) is 9.59 Å². The van der Waals surface area contributed by atoms with Crippen LogP contribution in [0.15, 0.2) is 0 Å². The van der Waals surface area contributed by atoms with Crippen molar-refractivity contribution in [2.45, 2.75) is 77.6 Å². The van der Waals surface area contributed by atoms with Gasteiger partial charge in [-0.15, -0.1) is 0 Å². The fraction of sp³-hybridized carbons (Fsp3) is 0.895. The van der Waals surface area contributed by atoms with Gasteiger partial charge in [0, 0.05) is 0 Å². The lowest BCUT2D eigenvalue weighted by Crippen LogP contribution is -2.35. The first kappa shape index (κ1) is 20.9. The summed E-state index contributed by atoms with van der Waals surface area (Å²) >= 11 is 0. The highest BCUT2D eigenvalue weighted by Crippen LogP contribution is 2.32. The molecule has 140 valence electrons. The predicted octanol–water partition coefficient (Wildman–Crippen LogP) is 3.62. The zero-order chi connectivity index (χ0) is 17.6. The molecule has 1 N–H and O–H groups in total. The molecule has 2 atom stereocenters. The van der Waals surface area contributed by atoms with E-state index in [-0.39, 0.29) is 31.1 Å². The highest BCUT2D eigenvalue weighted by Gasteiger charge is 2.37. The topological polar surface area (TPSA) is 72.8 Å². The zero-order valence-electron chi connectivity index (χ0n) is 15.1. The summed E-state index contributed by atoms with van der Waals surface area (Å²) in [5, 5.41) is 8.75. The molecule has 0 amide bonds. The van der Waals surface area contributed by atoms with Gasteiger partial charge in [0.15, 0.2) is 0 Å². The summed E-state index contributed by atoms with van der Waals surface area (Å²) in [7, 11) is 0. The number of hydrogen-bond donors (Lipinski definition) is 1. The summed E-state index contributed by atoms with van der Waals surface area (Å²) in [6.07, 6.45) is 11.5. The van der Waals surface area contributed by atoms with Crippen LogP contribution in [0.1, 0.15) is 77.6 Å². The second-order valence-corrected chi connectivity index (χ2v) is 6.68. The van der Waals surface area contributed by atoms with Gasteiger partial charge < -0.3 is 14.6 Å². The lowest BCUT2D eigenvalue weighted by atomic mass is 9.79.